The molecule has 0 N–H and O–H groups in total. The third kappa shape index (κ3) is 5.51. The van der Waals surface area contributed by atoms with Gasteiger partial charge in [0, 0.05) is 5.92 Å². The van der Waals surface area contributed by atoms with Gasteiger partial charge in [0.05, 0.1) is 0 Å². The van der Waals surface area contributed by atoms with Crippen LogP contribution in [-0.2, 0) is 19.1 Å². The summed E-state index contributed by atoms with van der Waals surface area (Å²) in [5, 5.41) is 0. The van der Waals surface area contributed by atoms with Gasteiger partial charge < -0.3 is 9.47 Å². The zero-order valence-electron chi connectivity index (χ0n) is 18.4. The molecule has 2 atom stereocenters. The highest BCUT2D eigenvalue weighted by atomic mass is 16.6. The largest absolute Gasteiger partial charge is 0.451 e. The summed E-state index contributed by atoms with van der Waals surface area (Å²) < 4.78 is 11.3. The molecule has 1 saturated heterocycles. The van der Waals surface area contributed by atoms with Crippen molar-refractivity contribution < 1.29 is 23.9 Å². The van der Waals surface area contributed by atoms with Gasteiger partial charge in [-0.1, -0.05) is 67.6 Å². The lowest BCUT2D eigenvalue weighted by Crippen LogP contribution is -2.55. The number of carbonyl (C=O) groups excluding carboxylic acids is 3. The van der Waals surface area contributed by atoms with Gasteiger partial charge in [0.25, 0.3) is 0 Å². The summed E-state index contributed by atoms with van der Waals surface area (Å²) in [7, 11) is 0. The highest BCUT2D eigenvalue weighted by Gasteiger charge is 2.44. The number of piperidine rings is 1. The molecule has 1 aliphatic heterocycles. The van der Waals surface area contributed by atoms with E-state index in [1.54, 1.807) is 27.7 Å². The lowest BCUT2D eigenvalue weighted by molar-refractivity contribution is -0.161. The van der Waals surface area contributed by atoms with E-state index in [4.69, 9.17) is 9.47 Å². The van der Waals surface area contributed by atoms with Crippen molar-refractivity contribution in [1.29, 1.82) is 0 Å². The first-order chi connectivity index (χ1) is 14.7. The summed E-state index contributed by atoms with van der Waals surface area (Å²) >= 11 is 0. The molecule has 2 amide bonds. The predicted octanol–water partition coefficient (Wildman–Crippen LogP) is 4.88. The van der Waals surface area contributed by atoms with Crippen LogP contribution < -0.4 is 0 Å². The van der Waals surface area contributed by atoms with Gasteiger partial charge in [-0.2, -0.15) is 0 Å². The molecular weight excluding hydrogens is 394 g/mol. The van der Waals surface area contributed by atoms with Crippen LogP contribution in [0.4, 0.5) is 4.79 Å². The van der Waals surface area contributed by atoms with Crippen molar-refractivity contribution >= 4 is 18.0 Å². The van der Waals surface area contributed by atoms with E-state index in [2.05, 4.69) is 0 Å². The van der Waals surface area contributed by atoms with Crippen molar-refractivity contribution in [3.8, 4) is 0 Å². The normalized spacial score (nSPS) is 19.3. The van der Waals surface area contributed by atoms with E-state index >= 15 is 0 Å². The van der Waals surface area contributed by atoms with E-state index in [1.165, 1.54) is 0 Å². The number of rotatable bonds is 4. The van der Waals surface area contributed by atoms with Gasteiger partial charge in [0.2, 0.25) is 5.91 Å². The summed E-state index contributed by atoms with van der Waals surface area (Å²) in [5.41, 5.74) is 0.825. The fourth-order valence-electron chi connectivity index (χ4n) is 3.58. The van der Waals surface area contributed by atoms with Crippen LogP contribution in [0.2, 0.25) is 0 Å². The first kappa shape index (κ1) is 22.5. The highest BCUT2D eigenvalue weighted by molar-refractivity contribution is 5.98. The molecule has 2 aromatic carbocycles. The highest BCUT2D eigenvalue weighted by Crippen LogP contribution is 2.30. The molecule has 0 unspecified atom stereocenters. The summed E-state index contributed by atoms with van der Waals surface area (Å²) in [5.74, 6) is -1.40. The third-order valence-corrected chi connectivity index (χ3v) is 5.14. The van der Waals surface area contributed by atoms with Crippen LogP contribution in [0.3, 0.4) is 0 Å². The molecular formula is C25H29NO5. The van der Waals surface area contributed by atoms with Crippen LogP contribution >= 0.6 is 0 Å². The van der Waals surface area contributed by atoms with E-state index < -0.39 is 35.7 Å². The van der Waals surface area contributed by atoms with Crippen LogP contribution in [-0.4, -0.2) is 34.5 Å². The number of amides is 2. The number of nitrogens with zero attached hydrogens (tertiary/aromatic N) is 1. The summed E-state index contributed by atoms with van der Waals surface area (Å²) in [6.07, 6.45) is -0.632. The van der Waals surface area contributed by atoms with E-state index in [1.807, 2.05) is 60.7 Å². The minimum atomic E-state index is -1.02. The van der Waals surface area contributed by atoms with Crippen molar-refractivity contribution in [2.45, 2.75) is 58.3 Å². The topological polar surface area (TPSA) is 72.9 Å². The Bertz CT molecular complexity index is 880. The minimum Gasteiger partial charge on any atom is -0.451 e. The fraction of sp³-hybridized carbons (Fsp3) is 0.400. The van der Waals surface area contributed by atoms with E-state index in [0.717, 1.165) is 16.0 Å². The predicted molar refractivity (Wildman–Crippen MR) is 116 cm³/mol. The van der Waals surface area contributed by atoms with Gasteiger partial charge in [-0.25, -0.2) is 14.5 Å². The van der Waals surface area contributed by atoms with E-state index in [0.29, 0.717) is 12.8 Å². The molecule has 0 spiro atoms. The van der Waals surface area contributed by atoms with Gasteiger partial charge in [-0.05, 0) is 44.7 Å². The maximum absolute atomic E-state index is 13.3. The molecule has 0 saturated carbocycles. The average Bonchev–Trinajstić information content (AvgIpc) is 2.73. The van der Waals surface area contributed by atoms with Crippen molar-refractivity contribution in [2.24, 2.45) is 5.92 Å². The lowest BCUT2D eigenvalue weighted by Gasteiger charge is -2.36. The molecule has 1 heterocycles. The summed E-state index contributed by atoms with van der Waals surface area (Å²) in [4.78, 5) is 39.8. The van der Waals surface area contributed by atoms with Crippen molar-refractivity contribution in [3.63, 3.8) is 0 Å². The first-order valence-electron chi connectivity index (χ1n) is 10.5. The Morgan fingerprint density at radius 1 is 0.935 bits per heavy atom. The number of ether oxygens (including phenoxy) is 2. The molecule has 6 heteroatoms. The third-order valence-electron chi connectivity index (χ3n) is 5.14. The molecule has 1 aliphatic rings. The fourth-order valence-corrected chi connectivity index (χ4v) is 3.58. The molecule has 1 fully saturated rings. The number of hydrogen-bond donors (Lipinski definition) is 0. The summed E-state index contributed by atoms with van der Waals surface area (Å²) in [6.45, 7) is 6.91. The molecule has 6 nitrogen and oxygen atoms in total. The number of imide groups is 1. The van der Waals surface area contributed by atoms with Gasteiger partial charge in [-0.15, -0.1) is 0 Å². The van der Waals surface area contributed by atoms with Crippen LogP contribution in [0.15, 0.2) is 60.7 Å². The maximum Gasteiger partial charge on any atom is 0.417 e. The Balaban J connectivity index is 1.89. The number of esters is 1. The van der Waals surface area contributed by atoms with Crippen LogP contribution in [0.5, 0.6) is 0 Å². The number of carbonyl (C=O) groups is 3. The van der Waals surface area contributed by atoms with Gasteiger partial charge in [0.1, 0.15) is 11.6 Å². The standard InChI is InChI=1S/C25H29NO5/c1-17-15-16-20(26(22(17)27)24(29)31-25(2,3)4)23(28)30-21(18-11-7-5-8-12-18)19-13-9-6-10-14-19/h5-14,17,20-21H,15-16H2,1-4H3/t17-,20-/m0/s1. The number of hydrogen-bond acceptors (Lipinski definition) is 5. The van der Waals surface area contributed by atoms with Crippen molar-refractivity contribution in [1.82, 2.24) is 4.90 Å². The second-order valence-corrected chi connectivity index (χ2v) is 8.82. The molecule has 0 aliphatic carbocycles. The Labute approximate surface area is 183 Å². The van der Waals surface area contributed by atoms with Crippen LogP contribution in [0.1, 0.15) is 57.8 Å². The molecule has 0 aromatic heterocycles. The SMILES string of the molecule is C[C@H]1CC[C@@H](C(=O)OC(c2ccccc2)c2ccccc2)N(C(=O)OC(C)(C)C)C1=O. The monoisotopic (exact) mass is 423 g/mol. The van der Waals surface area contributed by atoms with Gasteiger partial charge in [-0.3, -0.25) is 4.79 Å². The second-order valence-electron chi connectivity index (χ2n) is 8.82. The zero-order chi connectivity index (χ0) is 22.6. The molecule has 31 heavy (non-hydrogen) atoms. The van der Waals surface area contributed by atoms with Crippen LogP contribution in [0.25, 0.3) is 0 Å². The average molecular weight is 424 g/mol. The number of benzene rings is 2. The first-order valence-corrected chi connectivity index (χ1v) is 10.5. The zero-order valence-corrected chi connectivity index (χ0v) is 18.4. The Kier molecular flexibility index (Phi) is 6.78. The van der Waals surface area contributed by atoms with E-state index in [9.17, 15) is 14.4 Å². The summed E-state index contributed by atoms with van der Waals surface area (Å²) in [6, 6.07) is 17.8. The van der Waals surface area contributed by atoms with Crippen molar-refractivity contribution in [2.75, 3.05) is 0 Å². The smallest absolute Gasteiger partial charge is 0.417 e. The Hall–Kier alpha value is -3.15. The minimum absolute atomic E-state index is 0.335. The number of likely N-dealkylation sites (tertiary alicyclic amines) is 1. The van der Waals surface area contributed by atoms with Crippen molar-refractivity contribution in [3.05, 3.63) is 71.8 Å². The quantitative estimate of drug-likeness (QED) is 0.655. The maximum atomic E-state index is 13.3. The second kappa shape index (κ2) is 9.33. The van der Waals surface area contributed by atoms with E-state index in [-0.39, 0.29) is 5.92 Å². The Morgan fingerprint density at radius 3 is 1.94 bits per heavy atom. The lowest BCUT2D eigenvalue weighted by atomic mass is 9.93. The molecule has 164 valence electrons. The molecule has 0 radical (unpaired) electrons. The molecule has 3 rings (SSSR count). The Morgan fingerprint density at radius 2 is 1.45 bits per heavy atom. The van der Waals surface area contributed by atoms with Gasteiger partial charge >= 0.3 is 12.1 Å². The molecule has 2 aromatic rings. The molecule has 0 bridgehead atoms. The van der Waals surface area contributed by atoms with Crippen LogP contribution in [0, 0.1) is 5.92 Å². The van der Waals surface area contributed by atoms with Gasteiger partial charge in [0.15, 0.2) is 6.10 Å².